The zero-order chi connectivity index (χ0) is 17.3. The van der Waals surface area contributed by atoms with Crippen LogP contribution in [0.1, 0.15) is 26.5 Å². The second kappa shape index (κ2) is 6.06. The molecule has 1 aromatic carbocycles. The lowest BCUT2D eigenvalue weighted by Gasteiger charge is -2.15. The van der Waals surface area contributed by atoms with Gasteiger partial charge in [0.05, 0.1) is 15.8 Å². The summed E-state index contributed by atoms with van der Waals surface area (Å²) in [4.78, 5) is 16.8. The lowest BCUT2D eigenvalue weighted by molar-refractivity contribution is -0.121. The lowest BCUT2D eigenvalue weighted by atomic mass is 9.86. The van der Waals surface area contributed by atoms with Crippen LogP contribution in [-0.2, 0) is 4.79 Å². The van der Waals surface area contributed by atoms with Gasteiger partial charge in [-0.15, -0.1) is 11.3 Å². The minimum absolute atomic E-state index is 0.0905. The summed E-state index contributed by atoms with van der Waals surface area (Å²) < 4.78 is 6.85. The molecule has 0 aliphatic heterocycles. The van der Waals surface area contributed by atoms with Crippen molar-refractivity contribution < 1.29 is 9.21 Å². The van der Waals surface area contributed by atoms with Gasteiger partial charge in [0, 0.05) is 11.5 Å². The third-order valence-corrected chi connectivity index (χ3v) is 4.52. The lowest BCUT2D eigenvalue weighted by Crippen LogP contribution is -2.21. The summed E-state index contributed by atoms with van der Waals surface area (Å²) in [5, 5.41) is 10.0. The number of benzene rings is 1. The van der Waals surface area contributed by atoms with E-state index in [1.807, 2.05) is 30.3 Å². The molecule has 0 aliphatic rings. The number of hydrogen-bond acceptors (Lipinski definition) is 5. The third-order valence-electron chi connectivity index (χ3n) is 3.46. The van der Waals surface area contributed by atoms with Gasteiger partial charge in [-0.05, 0) is 24.3 Å². The topological polar surface area (TPSA) is 66.9 Å². The first-order valence-corrected chi connectivity index (χ1v) is 8.32. The zero-order valence-electron chi connectivity index (χ0n) is 13.7. The van der Waals surface area contributed by atoms with Gasteiger partial charge < -0.3 is 4.42 Å². The molecule has 0 aliphatic carbocycles. The second-order valence-corrected chi connectivity index (χ2v) is 7.47. The molecule has 3 aromatic rings. The highest BCUT2D eigenvalue weighted by atomic mass is 32.1. The van der Waals surface area contributed by atoms with Crippen molar-refractivity contribution in [1.29, 1.82) is 5.26 Å². The van der Waals surface area contributed by atoms with E-state index in [4.69, 9.17) is 4.42 Å². The number of para-hydroxylation sites is 1. The van der Waals surface area contributed by atoms with Crippen molar-refractivity contribution in [1.82, 2.24) is 4.98 Å². The van der Waals surface area contributed by atoms with Crippen molar-refractivity contribution in [2.75, 3.05) is 0 Å². The van der Waals surface area contributed by atoms with Crippen LogP contribution in [0, 0.1) is 16.7 Å². The average molecular weight is 336 g/mol. The molecule has 0 atom stereocenters. The first kappa shape index (κ1) is 16.2. The van der Waals surface area contributed by atoms with Gasteiger partial charge in [-0.25, -0.2) is 4.98 Å². The highest BCUT2D eigenvalue weighted by Crippen LogP contribution is 2.31. The van der Waals surface area contributed by atoms with Gasteiger partial charge in [0.25, 0.3) is 0 Å². The maximum absolute atomic E-state index is 12.3. The molecular formula is C19H16N2O2S. The quantitative estimate of drug-likeness (QED) is 0.494. The Morgan fingerprint density at radius 1 is 1.25 bits per heavy atom. The number of carbonyl (C=O) groups excluding carboxylic acids is 1. The van der Waals surface area contributed by atoms with Crippen LogP contribution in [-0.4, -0.2) is 10.8 Å². The number of aromatic nitrogens is 1. The Morgan fingerprint density at radius 3 is 2.67 bits per heavy atom. The molecule has 0 radical (unpaired) electrons. The van der Waals surface area contributed by atoms with E-state index in [1.54, 1.807) is 44.2 Å². The largest absolute Gasteiger partial charge is 0.454 e. The Hall–Kier alpha value is -2.71. The Balaban J connectivity index is 1.94. The van der Waals surface area contributed by atoms with Gasteiger partial charge in [-0.2, -0.15) is 5.26 Å². The Kier molecular flexibility index (Phi) is 4.08. The molecule has 5 heteroatoms. The van der Waals surface area contributed by atoms with Gasteiger partial charge in [0.15, 0.2) is 16.6 Å². The number of fused-ring (bicyclic) bond motifs is 1. The maximum Gasteiger partial charge on any atom is 0.178 e. The van der Waals surface area contributed by atoms with Gasteiger partial charge in [0.1, 0.15) is 11.8 Å². The van der Waals surface area contributed by atoms with Gasteiger partial charge in [-0.1, -0.05) is 32.9 Å². The van der Waals surface area contributed by atoms with Crippen molar-refractivity contribution >= 4 is 33.4 Å². The van der Waals surface area contributed by atoms with Crippen molar-refractivity contribution in [2.24, 2.45) is 5.41 Å². The van der Waals surface area contributed by atoms with Gasteiger partial charge in [-0.3, -0.25) is 4.79 Å². The average Bonchev–Trinajstić information content (AvgIpc) is 3.17. The van der Waals surface area contributed by atoms with Crippen LogP contribution in [0.2, 0.25) is 0 Å². The highest BCUT2D eigenvalue weighted by Gasteiger charge is 2.25. The summed E-state index contributed by atoms with van der Waals surface area (Å²) in [7, 11) is 0. The van der Waals surface area contributed by atoms with E-state index in [2.05, 4.69) is 4.98 Å². The number of furan rings is 1. The van der Waals surface area contributed by atoms with Crippen molar-refractivity contribution in [3.05, 3.63) is 47.7 Å². The first-order chi connectivity index (χ1) is 11.4. The molecule has 4 nitrogen and oxygen atoms in total. The van der Waals surface area contributed by atoms with Crippen LogP contribution < -0.4 is 0 Å². The number of ketones is 1. The summed E-state index contributed by atoms with van der Waals surface area (Å²) in [6.07, 6.45) is 1.49. The normalized spacial score (nSPS) is 12.3. The summed E-state index contributed by atoms with van der Waals surface area (Å²) >= 11 is 1.54. The molecule has 0 saturated heterocycles. The van der Waals surface area contributed by atoms with Crippen LogP contribution in [0.3, 0.4) is 0 Å². The molecule has 0 fully saturated rings. The highest BCUT2D eigenvalue weighted by molar-refractivity contribution is 7.21. The van der Waals surface area contributed by atoms with E-state index in [-0.39, 0.29) is 11.4 Å². The zero-order valence-corrected chi connectivity index (χ0v) is 14.5. The Labute approximate surface area is 144 Å². The molecule has 0 bridgehead atoms. The molecule has 0 unspecified atom stereocenters. The first-order valence-electron chi connectivity index (χ1n) is 7.51. The third kappa shape index (κ3) is 3.15. The molecule has 0 N–H and O–H groups in total. The number of thiazole rings is 1. The molecule has 3 rings (SSSR count). The Morgan fingerprint density at radius 2 is 2.00 bits per heavy atom. The predicted octanol–water partition coefficient (Wildman–Crippen LogP) is 5.08. The monoisotopic (exact) mass is 336 g/mol. The number of nitriles is 1. The van der Waals surface area contributed by atoms with Crippen LogP contribution in [0.25, 0.3) is 27.1 Å². The number of rotatable bonds is 3. The van der Waals surface area contributed by atoms with E-state index < -0.39 is 5.41 Å². The minimum Gasteiger partial charge on any atom is -0.454 e. The molecular weight excluding hydrogens is 320 g/mol. The van der Waals surface area contributed by atoms with Gasteiger partial charge >= 0.3 is 0 Å². The number of carbonyl (C=O) groups is 1. The van der Waals surface area contributed by atoms with E-state index >= 15 is 0 Å². The molecule has 2 heterocycles. The van der Waals surface area contributed by atoms with Crippen LogP contribution in [0.15, 0.2) is 46.4 Å². The summed E-state index contributed by atoms with van der Waals surface area (Å²) in [6.45, 7) is 5.36. The van der Waals surface area contributed by atoms with Crippen LogP contribution >= 0.6 is 11.3 Å². The second-order valence-electron chi connectivity index (χ2n) is 6.44. The van der Waals surface area contributed by atoms with Crippen molar-refractivity contribution in [3.63, 3.8) is 0 Å². The van der Waals surface area contributed by atoms with E-state index in [9.17, 15) is 10.1 Å². The molecule has 120 valence electrons. The standard InChI is InChI=1S/C19H16N2O2S/c1-19(2,3)17(22)12(11-20)10-13-8-9-15(23-13)18-21-14-6-4-5-7-16(14)24-18/h4-10H,1-3H3/b12-10+. The maximum atomic E-state index is 12.3. The predicted molar refractivity (Wildman–Crippen MR) is 95.4 cm³/mol. The Bertz CT molecular complexity index is 948. The van der Waals surface area contributed by atoms with Crippen LogP contribution in [0.5, 0.6) is 0 Å². The molecule has 2 aromatic heterocycles. The van der Waals surface area contributed by atoms with E-state index in [0.29, 0.717) is 11.5 Å². The smallest absolute Gasteiger partial charge is 0.178 e. The fraction of sp³-hybridized carbons (Fsp3) is 0.211. The summed E-state index contributed by atoms with van der Waals surface area (Å²) in [6, 6.07) is 13.4. The number of hydrogen-bond donors (Lipinski definition) is 0. The number of Topliss-reactive ketones (excluding diaryl/α,β-unsaturated/α-hetero) is 1. The summed E-state index contributed by atoms with van der Waals surface area (Å²) in [5.41, 5.74) is 0.406. The molecule has 24 heavy (non-hydrogen) atoms. The van der Waals surface area contributed by atoms with Gasteiger partial charge in [0.2, 0.25) is 0 Å². The van der Waals surface area contributed by atoms with E-state index in [1.165, 1.54) is 6.08 Å². The molecule has 0 spiro atoms. The number of allylic oxidation sites excluding steroid dienone is 1. The summed E-state index contributed by atoms with van der Waals surface area (Å²) in [5.74, 6) is 0.893. The molecule has 0 amide bonds. The van der Waals surface area contributed by atoms with Crippen LogP contribution in [0.4, 0.5) is 0 Å². The molecule has 0 saturated carbocycles. The van der Waals surface area contributed by atoms with Crippen molar-refractivity contribution in [3.8, 4) is 16.8 Å². The van der Waals surface area contributed by atoms with E-state index in [0.717, 1.165) is 15.2 Å². The fourth-order valence-electron chi connectivity index (χ4n) is 2.22. The number of nitrogens with zero attached hydrogens (tertiary/aromatic N) is 2. The minimum atomic E-state index is -0.607. The fourth-order valence-corrected chi connectivity index (χ4v) is 3.15. The van der Waals surface area contributed by atoms with Crippen molar-refractivity contribution in [2.45, 2.75) is 20.8 Å². The SMILES string of the molecule is CC(C)(C)C(=O)/C(C#N)=C/c1ccc(-c2nc3ccccc3s2)o1.